The molecule has 1 unspecified atom stereocenters. The Morgan fingerprint density at radius 2 is 2.08 bits per heavy atom. The number of hydrogen-bond acceptors (Lipinski definition) is 5. The highest BCUT2D eigenvalue weighted by molar-refractivity contribution is 6.30. The fourth-order valence-electron chi connectivity index (χ4n) is 5.81. The van der Waals surface area contributed by atoms with Crippen LogP contribution in [0.4, 0.5) is 9.59 Å². The number of methoxy groups -OCH3 is 1. The Labute approximate surface area is 219 Å². The second-order valence-corrected chi connectivity index (χ2v) is 10.9. The number of likely N-dealkylation sites (tertiary alicyclic amines) is 1. The van der Waals surface area contributed by atoms with Crippen molar-refractivity contribution in [3.63, 3.8) is 0 Å². The van der Waals surface area contributed by atoms with E-state index in [9.17, 15) is 9.59 Å². The van der Waals surface area contributed by atoms with Crippen LogP contribution in [0.5, 0.6) is 0 Å². The number of halogens is 1. The van der Waals surface area contributed by atoms with Gasteiger partial charge in [0.2, 0.25) is 0 Å². The van der Waals surface area contributed by atoms with E-state index >= 15 is 0 Å². The third-order valence-corrected chi connectivity index (χ3v) is 8.23. The zero-order valence-corrected chi connectivity index (χ0v) is 22.1. The summed E-state index contributed by atoms with van der Waals surface area (Å²) in [6.45, 7) is 3.95. The van der Waals surface area contributed by atoms with Gasteiger partial charge in [0.15, 0.2) is 0 Å². The molecule has 0 aromatic heterocycles. The van der Waals surface area contributed by atoms with Crippen LogP contribution >= 0.6 is 11.6 Å². The van der Waals surface area contributed by atoms with Gasteiger partial charge in [0.05, 0.1) is 19.8 Å². The highest BCUT2D eigenvalue weighted by Gasteiger charge is 2.34. The number of piperidine rings is 2. The SMILES string of the molecule is COC(=O)NCCO[C@@H](c1cccc(Cl)c1)C1CCCN(C(=O)N[C@@H]2CNCC[C@H]2CC2CCC2)C1. The molecule has 0 bridgehead atoms. The quantitative estimate of drug-likeness (QED) is 0.421. The molecule has 1 aromatic rings. The molecule has 3 N–H and O–H groups in total. The Morgan fingerprint density at radius 1 is 1.22 bits per heavy atom. The predicted molar refractivity (Wildman–Crippen MR) is 140 cm³/mol. The number of ether oxygens (including phenoxy) is 2. The molecule has 4 rings (SSSR count). The third-order valence-electron chi connectivity index (χ3n) is 8.00. The number of alkyl carbamates (subject to hydrolysis) is 1. The summed E-state index contributed by atoms with van der Waals surface area (Å²) in [7, 11) is 1.34. The normalized spacial score (nSPS) is 25.5. The van der Waals surface area contributed by atoms with Crippen LogP contribution in [0.3, 0.4) is 0 Å². The number of rotatable bonds is 9. The van der Waals surface area contributed by atoms with E-state index in [0.717, 1.165) is 50.4 Å². The van der Waals surface area contributed by atoms with Crippen LogP contribution in [0.1, 0.15) is 56.6 Å². The van der Waals surface area contributed by atoms with Crippen molar-refractivity contribution in [3.05, 3.63) is 34.9 Å². The Bertz CT molecular complexity index is 868. The second-order valence-electron chi connectivity index (χ2n) is 10.5. The minimum atomic E-state index is -0.480. The molecule has 8 nitrogen and oxygen atoms in total. The molecule has 1 saturated carbocycles. The zero-order valence-electron chi connectivity index (χ0n) is 21.3. The van der Waals surface area contributed by atoms with E-state index in [2.05, 4.69) is 20.7 Å². The molecule has 0 radical (unpaired) electrons. The number of nitrogens with one attached hydrogen (secondary N) is 3. The molecule has 3 aliphatic rings. The number of benzene rings is 1. The lowest BCUT2D eigenvalue weighted by molar-refractivity contribution is -0.00880. The average Bonchev–Trinajstić information content (AvgIpc) is 2.87. The van der Waals surface area contributed by atoms with Crippen LogP contribution < -0.4 is 16.0 Å². The maximum atomic E-state index is 13.4. The van der Waals surface area contributed by atoms with Crippen LogP contribution in [-0.2, 0) is 9.47 Å². The third kappa shape index (κ3) is 7.49. The average molecular weight is 521 g/mol. The highest BCUT2D eigenvalue weighted by Crippen LogP contribution is 2.36. The molecule has 9 heteroatoms. The van der Waals surface area contributed by atoms with Crippen LogP contribution in [0.15, 0.2) is 24.3 Å². The largest absolute Gasteiger partial charge is 0.453 e. The molecular weight excluding hydrogens is 480 g/mol. The summed E-state index contributed by atoms with van der Waals surface area (Å²) in [5.41, 5.74) is 0.991. The van der Waals surface area contributed by atoms with E-state index in [1.54, 1.807) is 0 Å². The first-order valence-corrected chi connectivity index (χ1v) is 13.9. The van der Waals surface area contributed by atoms with Gasteiger partial charge in [-0.3, -0.25) is 0 Å². The molecular formula is C27H41ClN4O4. The summed E-state index contributed by atoms with van der Waals surface area (Å²) in [4.78, 5) is 26.7. The van der Waals surface area contributed by atoms with Crippen molar-refractivity contribution in [1.29, 1.82) is 0 Å². The van der Waals surface area contributed by atoms with Gasteiger partial charge in [-0.1, -0.05) is 43.0 Å². The number of carbonyl (C=O) groups excluding carboxylic acids is 2. The standard InChI is InChI=1S/C27H41ClN4O4/c1-35-27(34)30-12-14-36-25(21-7-3-9-23(28)16-21)22-8-4-13-32(18-22)26(33)31-24-17-29-11-10-20(24)15-19-5-2-6-19/h3,7,9,16,19-20,22,24-25,29H,2,4-6,8,10-15,17-18H2,1H3,(H,30,34)(H,31,33)/t20-,22?,24+,25-/m0/s1. The van der Waals surface area contributed by atoms with E-state index in [-0.39, 0.29) is 24.1 Å². The lowest BCUT2D eigenvalue weighted by Gasteiger charge is -2.40. The van der Waals surface area contributed by atoms with Gasteiger partial charge in [0, 0.05) is 43.2 Å². The molecule has 1 aromatic carbocycles. The molecule has 3 amide bonds. The topological polar surface area (TPSA) is 91.9 Å². The van der Waals surface area contributed by atoms with Crippen molar-refractivity contribution in [2.24, 2.45) is 17.8 Å². The van der Waals surface area contributed by atoms with Crippen molar-refractivity contribution in [2.45, 2.75) is 57.1 Å². The summed E-state index contributed by atoms with van der Waals surface area (Å²) in [6.07, 6.45) is 7.60. The van der Waals surface area contributed by atoms with Gasteiger partial charge in [-0.05, 0) is 61.8 Å². The summed E-state index contributed by atoms with van der Waals surface area (Å²) < 4.78 is 10.9. The molecule has 2 saturated heterocycles. The van der Waals surface area contributed by atoms with Gasteiger partial charge in [-0.2, -0.15) is 0 Å². The minimum Gasteiger partial charge on any atom is -0.453 e. The zero-order chi connectivity index (χ0) is 25.3. The van der Waals surface area contributed by atoms with Gasteiger partial charge >= 0.3 is 12.1 Å². The number of hydrogen-bond donors (Lipinski definition) is 3. The Morgan fingerprint density at radius 3 is 2.83 bits per heavy atom. The molecule has 3 fully saturated rings. The maximum absolute atomic E-state index is 13.4. The first-order chi connectivity index (χ1) is 17.5. The van der Waals surface area contributed by atoms with Crippen LogP contribution in [0.2, 0.25) is 5.02 Å². The lowest BCUT2D eigenvalue weighted by Crippen LogP contribution is -2.56. The van der Waals surface area contributed by atoms with Crippen molar-refractivity contribution < 1.29 is 19.1 Å². The van der Waals surface area contributed by atoms with Gasteiger partial charge < -0.3 is 30.3 Å². The Hall–Kier alpha value is -2.03. The monoisotopic (exact) mass is 520 g/mol. The number of urea groups is 1. The van der Waals surface area contributed by atoms with Crippen LogP contribution in [-0.4, -0.2) is 69.5 Å². The number of nitrogens with zero attached hydrogens (tertiary/aromatic N) is 1. The fraction of sp³-hybridized carbons (Fsp3) is 0.704. The van der Waals surface area contributed by atoms with E-state index in [4.69, 9.17) is 16.3 Å². The predicted octanol–water partition coefficient (Wildman–Crippen LogP) is 4.34. The minimum absolute atomic E-state index is 0.0317. The molecule has 0 spiro atoms. The van der Waals surface area contributed by atoms with E-state index in [0.29, 0.717) is 30.6 Å². The second kappa shape index (κ2) is 13.5. The Balaban J connectivity index is 1.37. The summed E-state index contributed by atoms with van der Waals surface area (Å²) in [5.74, 6) is 1.54. The van der Waals surface area contributed by atoms with Crippen molar-refractivity contribution in [1.82, 2.24) is 20.9 Å². The van der Waals surface area contributed by atoms with Crippen molar-refractivity contribution >= 4 is 23.7 Å². The lowest BCUT2D eigenvalue weighted by atomic mass is 9.75. The summed E-state index contributed by atoms with van der Waals surface area (Å²) in [6, 6.07) is 7.94. The fourth-order valence-corrected chi connectivity index (χ4v) is 6.01. The Kier molecular flexibility index (Phi) is 10.1. The number of carbonyl (C=O) groups is 2. The van der Waals surface area contributed by atoms with Crippen LogP contribution in [0, 0.1) is 17.8 Å². The molecule has 2 heterocycles. The van der Waals surface area contributed by atoms with E-state index < -0.39 is 6.09 Å². The van der Waals surface area contributed by atoms with Crippen LogP contribution in [0.25, 0.3) is 0 Å². The van der Waals surface area contributed by atoms with E-state index in [1.165, 1.54) is 32.8 Å². The van der Waals surface area contributed by atoms with Gasteiger partial charge in [-0.25, -0.2) is 9.59 Å². The maximum Gasteiger partial charge on any atom is 0.406 e. The van der Waals surface area contributed by atoms with Gasteiger partial charge in [0.25, 0.3) is 0 Å². The molecule has 2 aliphatic heterocycles. The van der Waals surface area contributed by atoms with Gasteiger partial charge in [-0.15, -0.1) is 0 Å². The summed E-state index contributed by atoms with van der Waals surface area (Å²) >= 11 is 6.29. The van der Waals surface area contributed by atoms with Crippen molar-refractivity contribution in [3.8, 4) is 0 Å². The highest BCUT2D eigenvalue weighted by atomic mass is 35.5. The number of amides is 3. The van der Waals surface area contributed by atoms with Crippen molar-refractivity contribution in [2.75, 3.05) is 46.4 Å². The molecule has 36 heavy (non-hydrogen) atoms. The first kappa shape index (κ1) is 27.0. The van der Waals surface area contributed by atoms with E-state index in [1.807, 2.05) is 29.2 Å². The molecule has 200 valence electrons. The molecule has 1 aliphatic carbocycles. The van der Waals surface area contributed by atoms with Gasteiger partial charge in [0.1, 0.15) is 0 Å². The first-order valence-electron chi connectivity index (χ1n) is 13.5. The smallest absolute Gasteiger partial charge is 0.406 e. The molecule has 4 atom stereocenters. The summed E-state index contributed by atoms with van der Waals surface area (Å²) in [5, 5.41) is 10.2.